The predicted octanol–water partition coefficient (Wildman–Crippen LogP) is 4.78. The van der Waals surface area contributed by atoms with Crippen LogP contribution in [-0.2, 0) is 4.79 Å². The molecule has 3 atom stereocenters. The number of amides is 1. The van der Waals surface area contributed by atoms with Gasteiger partial charge in [-0.15, -0.1) is 0 Å². The molecule has 0 spiro atoms. The molecule has 2 heteroatoms. The van der Waals surface area contributed by atoms with Gasteiger partial charge >= 0.3 is 0 Å². The molecule has 1 saturated heterocycles. The highest BCUT2D eigenvalue weighted by molar-refractivity contribution is 5.79. The Balaban J connectivity index is 2.83. The van der Waals surface area contributed by atoms with Gasteiger partial charge in [-0.05, 0) is 36.5 Å². The van der Waals surface area contributed by atoms with Gasteiger partial charge in [-0.1, -0.05) is 60.3 Å². The standard InChI is InChI=1S/C18H35NO/c1-6-8-10-15-12-14(3)18(4,5)13-19-17(20)16(15)11-9-7-2/h14-16H,6-13H2,1-5H3,(H,19,20). The summed E-state index contributed by atoms with van der Waals surface area (Å²) in [6, 6.07) is 0. The highest BCUT2D eigenvalue weighted by atomic mass is 16.1. The third kappa shape index (κ3) is 4.79. The summed E-state index contributed by atoms with van der Waals surface area (Å²) in [5.74, 6) is 1.82. The fraction of sp³-hybridized carbons (Fsp3) is 0.944. The van der Waals surface area contributed by atoms with Gasteiger partial charge in [-0.3, -0.25) is 4.79 Å². The number of hydrogen-bond donors (Lipinski definition) is 1. The average Bonchev–Trinajstić information content (AvgIpc) is 2.41. The number of carbonyl (C=O) groups is 1. The number of hydrogen-bond acceptors (Lipinski definition) is 1. The third-order valence-electron chi connectivity index (χ3n) is 5.41. The van der Waals surface area contributed by atoms with Gasteiger partial charge < -0.3 is 5.32 Å². The SMILES string of the molecule is CCCCC1CC(C)C(C)(C)CNC(=O)C1CCCC. The van der Waals surface area contributed by atoms with Crippen LogP contribution in [0.5, 0.6) is 0 Å². The van der Waals surface area contributed by atoms with Gasteiger partial charge in [0, 0.05) is 12.5 Å². The monoisotopic (exact) mass is 281 g/mol. The van der Waals surface area contributed by atoms with Crippen molar-refractivity contribution in [2.45, 2.75) is 79.6 Å². The maximum atomic E-state index is 12.5. The lowest BCUT2D eigenvalue weighted by molar-refractivity contribution is -0.129. The molecule has 0 bridgehead atoms. The molecule has 1 heterocycles. The third-order valence-corrected chi connectivity index (χ3v) is 5.41. The molecule has 1 aliphatic rings. The second kappa shape index (κ2) is 8.05. The van der Waals surface area contributed by atoms with Gasteiger partial charge in [-0.2, -0.15) is 0 Å². The van der Waals surface area contributed by atoms with Crippen molar-refractivity contribution in [3.05, 3.63) is 0 Å². The lowest BCUT2D eigenvalue weighted by Gasteiger charge is -2.40. The van der Waals surface area contributed by atoms with E-state index in [1.165, 1.54) is 38.5 Å². The van der Waals surface area contributed by atoms with E-state index in [9.17, 15) is 4.79 Å². The van der Waals surface area contributed by atoms with Crippen molar-refractivity contribution in [3.63, 3.8) is 0 Å². The van der Waals surface area contributed by atoms with Crippen LogP contribution in [0, 0.1) is 23.2 Å². The lowest BCUT2D eigenvalue weighted by Crippen LogP contribution is -2.46. The number of carbonyl (C=O) groups excluding carboxylic acids is 1. The van der Waals surface area contributed by atoms with Gasteiger partial charge in [0.05, 0.1) is 0 Å². The Morgan fingerprint density at radius 2 is 1.75 bits per heavy atom. The molecule has 2 nitrogen and oxygen atoms in total. The fourth-order valence-electron chi connectivity index (χ4n) is 3.35. The van der Waals surface area contributed by atoms with E-state index in [0.29, 0.717) is 17.7 Å². The van der Waals surface area contributed by atoms with Gasteiger partial charge in [0.2, 0.25) is 5.91 Å². The topological polar surface area (TPSA) is 29.1 Å². The molecule has 1 aliphatic heterocycles. The molecular formula is C18H35NO. The van der Waals surface area contributed by atoms with E-state index in [4.69, 9.17) is 0 Å². The average molecular weight is 281 g/mol. The Morgan fingerprint density at radius 1 is 1.15 bits per heavy atom. The van der Waals surface area contributed by atoms with Crippen molar-refractivity contribution < 1.29 is 4.79 Å². The first-order chi connectivity index (χ1) is 9.42. The normalized spacial score (nSPS) is 30.4. The van der Waals surface area contributed by atoms with E-state index >= 15 is 0 Å². The summed E-state index contributed by atoms with van der Waals surface area (Å²) in [4.78, 5) is 12.5. The van der Waals surface area contributed by atoms with Crippen molar-refractivity contribution in [2.24, 2.45) is 23.2 Å². The van der Waals surface area contributed by atoms with E-state index in [0.717, 1.165) is 13.0 Å². The molecule has 3 unspecified atom stereocenters. The van der Waals surface area contributed by atoms with Crippen LogP contribution in [0.2, 0.25) is 0 Å². The zero-order chi connectivity index (χ0) is 15.2. The van der Waals surface area contributed by atoms with E-state index < -0.39 is 0 Å². The van der Waals surface area contributed by atoms with Crippen LogP contribution in [-0.4, -0.2) is 12.5 Å². The molecule has 1 amide bonds. The van der Waals surface area contributed by atoms with Crippen LogP contribution in [0.1, 0.15) is 79.6 Å². The first kappa shape index (κ1) is 17.5. The van der Waals surface area contributed by atoms with Gasteiger partial charge in [0.25, 0.3) is 0 Å². The molecule has 0 aromatic carbocycles. The van der Waals surface area contributed by atoms with E-state index in [2.05, 4.69) is 39.9 Å². The summed E-state index contributed by atoms with van der Waals surface area (Å²) in [5, 5.41) is 3.23. The van der Waals surface area contributed by atoms with E-state index in [1.807, 2.05) is 0 Å². The number of nitrogens with one attached hydrogen (secondary N) is 1. The quantitative estimate of drug-likeness (QED) is 0.745. The highest BCUT2D eigenvalue weighted by Gasteiger charge is 2.36. The molecule has 1 fully saturated rings. The summed E-state index contributed by atoms with van der Waals surface area (Å²) < 4.78 is 0. The van der Waals surface area contributed by atoms with Crippen molar-refractivity contribution in [1.82, 2.24) is 5.32 Å². The first-order valence-electron chi connectivity index (χ1n) is 8.70. The Kier molecular flexibility index (Phi) is 7.05. The van der Waals surface area contributed by atoms with Crippen LogP contribution in [0.25, 0.3) is 0 Å². The smallest absolute Gasteiger partial charge is 0.223 e. The van der Waals surface area contributed by atoms with Crippen molar-refractivity contribution in [1.29, 1.82) is 0 Å². The molecule has 0 radical (unpaired) electrons. The second-order valence-corrected chi connectivity index (χ2v) is 7.49. The van der Waals surface area contributed by atoms with Crippen molar-refractivity contribution in [2.75, 3.05) is 6.54 Å². The maximum Gasteiger partial charge on any atom is 0.223 e. The van der Waals surface area contributed by atoms with E-state index in [1.54, 1.807) is 0 Å². The van der Waals surface area contributed by atoms with Crippen LogP contribution in [0.15, 0.2) is 0 Å². The van der Waals surface area contributed by atoms with Crippen LogP contribution < -0.4 is 5.32 Å². The predicted molar refractivity (Wildman–Crippen MR) is 86.6 cm³/mol. The molecule has 118 valence electrons. The Hall–Kier alpha value is -0.530. The minimum absolute atomic E-state index is 0.218. The number of rotatable bonds is 6. The minimum Gasteiger partial charge on any atom is -0.355 e. The highest BCUT2D eigenvalue weighted by Crippen LogP contribution is 2.38. The molecule has 1 rings (SSSR count). The van der Waals surface area contributed by atoms with Gasteiger partial charge in [-0.25, -0.2) is 0 Å². The van der Waals surface area contributed by atoms with E-state index in [-0.39, 0.29) is 11.3 Å². The molecule has 0 saturated carbocycles. The first-order valence-corrected chi connectivity index (χ1v) is 8.70. The Labute approximate surface area is 126 Å². The molecule has 0 aromatic heterocycles. The minimum atomic E-state index is 0.218. The molecule has 0 aliphatic carbocycles. The Morgan fingerprint density at radius 3 is 2.35 bits per heavy atom. The summed E-state index contributed by atoms with van der Waals surface area (Å²) in [6.07, 6.45) is 8.37. The Bertz CT molecular complexity index is 298. The lowest BCUT2D eigenvalue weighted by atomic mass is 9.69. The summed E-state index contributed by atoms with van der Waals surface area (Å²) >= 11 is 0. The van der Waals surface area contributed by atoms with Crippen molar-refractivity contribution >= 4 is 5.91 Å². The molecular weight excluding hydrogens is 246 g/mol. The van der Waals surface area contributed by atoms with Crippen LogP contribution in [0.4, 0.5) is 0 Å². The van der Waals surface area contributed by atoms with Crippen LogP contribution >= 0.6 is 0 Å². The molecule has 1 N–H and O–H groups in total. The van der Waals surface area contributed by atoms with Gasteiger partial charge in [0.15, 0.2) is 0 Å². The summed E-state index contributed by atoms with van der Waals surface area (Å²) in [5.41, 5.74) is 0.218. The zero-order valence-corrected chi connectivity index (χ0v) is 14.3. The fourth-order valence-corrected chi connectivity index (χ4v) is 3.35. The van der Waals surface area contributed by atoms with Crippen molar-refractivity contribution in [3.8, 4) is 0 Å². The van der Waals surface area contributed by atoms with Crippen LogP contribution in [0.3, 0.4) is 0 Å². The summed E-state index contributed by atoms with van der Waals surface area (Å²) in [6.45, 7) is 12.2. The second-order valence-electron chi connectivity index (χ2n) is 7.49. The zero-order valence-electron chi connectivity index (χ0n) is 14.3. The molecule has 20 heavy (non-hydrogen) atoms. The van der Waals surface area contributed by atoms with Gasteiger partial charge in [0.1, 0.15) is 0 Å². The number of unbranched alkanes of at least 4 members (excludes halogenated alkanes) is 2. The molecule has 0 aromatic rings. The largest absolute Gasteiger partial charge is 0.355 e. The summed E-state index contributed by atoms with van der Waals surface area (Å²) in [7, 11) is 0. The maximum absolute atomic E-state index is 12.5.